The molecule has 72 valence electrons. The van der Waals surface area contributed by atoms with E-state index in [4.69, 9.17) is 5.73 Å². The molecule has 2 aromatic heterocycles. The van der Waals surface area contributed by atoms with E-state index in [1.165, 1.54) is 0 Å². The molecule has 0 aromatic carbocycles. The molecular formula is C8H8BrN5. The maximum absolute atomic E-state index is 5.59. The molecule has 2 heterocycles. The van der Waals surface area contributed by atoms with E-state index in [1.807, 2.05) is 6.92 Å². The van der Waals surface area contributed by atoms with Crippen LogP contribution in [0.3, 0.4) is 0 Å². The first-order valence-corrected chi connectivity index (χ1v) is 4.77. The molecule has 0 saturated carbocycles. The monoisotopic (exact) mass is 253 g/mol. The molecule has 2 aromatic rings. The SMILES string of the molecule is Cc1nccc(-n2cc(Br)c(N)n2)n1. The van der Waals surface area contributed by atoms with Gasteiger partial charge in [0.25, 0.3) is 0 Å². The number of aryl methyl sites for hydroxylation is 1. The second-order valence-corrected chi connectivity index (χ2v) is 3.62. The number of hydrogen-bond acceptors (Lipinski definition) is 4. The molecule has 2 N–H and O–H groups in total. The summed E-state index contributed by atoms with van der Waals surface area (Å²) in [7, 11) is 0. The van der Waals surface area contributed by atoms with Crippen LogP contribution in [-0.4, -0.2) is 19.7 Å². The van der Waals surface area contributed by atoms with Crippen molar-refractivity contribution in [1.29, 1.82) is 0 Å². The molecule has 0 radical (unpaired) electrons. The lowest BCUT2D eigenvalue weighted by molar-refractivity contribution is 0.832. The molecule has 0 amide bonds. The van der Waals surface area contributed by atoms with Crippen molar-refractivity contribution in [3.8, 4) is 5.82 Å². The van der Waals surface area contributed by atoms with Crippen molar-refractivity contribution in [2.75, 3.05) is 5.73 Å². The van der Waals surface area contributed by atoms with Crippen LogP contribution in [0.15, 0.2) is 22.9 Å². The van der Waals surface area contributed by atoms with Crippen molar-refractivity contribution >= 4 is 21.7 Å². The molecule has 0 saturated heterocycles. The van der Waals surface area contributed by atoms with Gasteiger partial charge in [-0.15, -0.1) is 5.10 Å². The van der Waals surface area contributed by atoms with Crippen LogP contribution in [0, 0.1) is 6.92 Å². The predicted octanol–water partition coefficient (Wildman–Crippen LogP) is 1.32. The summed E-state index contributed by atoms with van der Waals surface area (Å²) < 4.78 is 2.36. The van der Waals surface area contributed by atoms with E-state index < -0.39 is 0 Å². The number of halogens is 1. The van der Waals surface area contributed by atoms with Gasteiger partial charge in [-0.05, 0) is 22.9 Å². The number of anilines is 1. The van der Waals surface area contributed by atoms with Crippen LogP contribution in [0.2, 0.25) is 0 Å². The Labute approximate surface area is 89.1 Å². The van der Waals surface area contributed by atoms with Gasteiger partial charge in [0, 0.05) is 18.5 Å². The fraction of sp³-hybridized carbons (Fsp3) is 0.125. The Balaban J connectivity index is 2.49. The average molecular weight is 254 g/mol. The van der Waals surface area contributed by atoms with Crippen LogP contribution in [0.4, 0.5) is 5.82 Å². The molecule has 0 fully saturated rings. The summed E-state index contributed by atoms with van der Waals surface area (Å²) in [6.07, 6.45) is 3.44. The smallest absolute Gasteiger partial charge is 0.160 e. The van der Waals surface area contributed by atoms with Gasteiger partial charge in [0.05, 0.1) is 4.47 Å². The Bertz CT molecular complexity index is 445. The normalized spacial score (nSPS) is 10.4. The quantitative estimate of drug-likeness (QED) is 0.833. The molecule has 14 heavy (non-hydrogen) atoms. The van der Waals surface area contributed by atoms with Gasteiger partial charge < -0.3 is 5.73 Å². The van der Waals surface area contributed by atoms with Crippen molar-refractivity contribution in [2.45, 2.75) is 6.92 Å². The van der Waals surface area contributed by atoms with E-state index in [-0.39, 0.29) is 0 Å². The zero-order valence-corrected chi connectivity index (χ0v) is 9.06. The summed E-state index contributed by atoms with van der Waals surface area (Å²) in [5.74, 6) is 1.85. The van der Waals surface area contributed by atoms with Gasteiger partial charge in [0.2, 0.25) is 0 Å². The van der Waals surface area contributed by atoms with E-state index in [1.54, 1.807) is 23.1 Å². The highest BCUT2D eigenvalue weighted by Gasteiger charge is 2.04. The van der Waals surface area contributed by atoms with Crippen molar-refractivity contribution in [1.82, 2.24) is 19.7 Å². The number of nitrogens with zero attached hydrogens (tertiary/aromatic N) is 4. The zero-order chi connectivity index (χ0) is 10.1. The molecule has 0 aliphatic carbocycles. The van der Waals surface area contributed by atoms with E-state index in [2.05, 4.69) is 31.0 Å². The maximum Gasteiger partial charge on any atom is 0.160 e. The van der Waals surface area contributed by atoms with Crippen molar-refractivity contribution in [3.05, 3.63) is 28.8 Å². The lowest BCUT2D eigenvalue weighted by Gasteiger charge is -1.99. The van der Waals surface area contributed by atoms with Gasteiger partial charge in [0.15, 0.2) is 11.6 Å². The third-order valence-electron chi connectivity index (χ3n) is 1.69. The lowest BCUT2D eigenvalue weighted by atomic mass is 10.5. The van der Waals surface area contributed by atoms with Crippen LogP contribution in [0.5, 0.6) is 0 Å². The average Bonchev–Trinajstić information content (AvgIpc) is 2.47. The topological polar surface area (TPSA) is 69.6 Å². The Morgan fingerprint density at radius 2 is 2.29 bits per heavy atom. The molecule has 5 nitrogen and oxygen atoms in total. The van der Waals surface area contributed by atoms with E-state index in [9.17, 15) is 0 Å². The second-order valence-electron chi connectivity index (χ2n) is 2.77. The highest BCUT2D eigenvalue weighted by atomic mass is 79.9. The first kappa shape index (κ1) is 9.14. The van der Waals surface area contributed by atoms with Gasteiger partial charge >= 0.3 is 0 Å². The molecule has 0 atom stereocenters. The fourth-order valence-electron chi connectivity index (χ4n) is 1.05. The second kappa shape index (κ2) is 3.38. The maximum atomic E-state index is 5.59. The van der Waals surface area contributed by atoms with Gasteiger partial charge in [-0.1, -0.05) is 0 Å². The fourth-order valence-corrected chi connectivity index (χ4v) is 1.33. The third kappa shape index (κ3) is 1.60. The number of nitrogen functional groups attached to an aromatic ring is 1. The number of hydrogen-bond donors (Lipinski definition) is 1. The minimum Gasteiger partial charge on any atom is -0.381 e. The largest absolute Gasteiger partial charge is 0.381 e. The van der Waals surface area contributed by atoms with Crippen LogP contribution in [-0.2, 0) is 0 Å². The summed E-state index contributed by atoms with van der Waals surface area (Å²) >= 11 is 3.28. The van der Waals surface area contributed by atoms with Gasteiger partial charge in [-0.2, -0.15) is 0 Å². The Morgan fingerprint density at radius 3 is 2.86 bits per heavy atom. The van der Waals surface area contributed by atoms with Crippen LogP contribution >= 0.6 is 15.9 Å². The van der Waals surface area contributed by atoms with E-state index >= 15 is 0 Å². The summed E-state index contributed by atoms with van der Waals surface area (Å²) in [6, 6.07) is 1.77. The highest BCUT2D eigenvalue weighted by Crippen LogP contribution is 2.18. The summed E-state index contributed by atoms with van der Waals surface area (Å²) in [6.45, 7) is 1.82. The number of nitrogens with two attached hydrogens (primary N) is 1. The molecular weight excluding hydrogens is 246 g/mol. The van der Waals surface area contributed by atoms with E-state index in [0.29, 0.717) is 17.5 Å². The highest BCUT2D eigenvalue weighted by molar-refractivity contribution is 9.10. The lowest BCUT2D eigenvalue weighted by Crippen LogP contribution is -2.01. The van der Waals surface area contributed by atoms with Crippen molar-refractivity contribution < 1.29 is 0 Å². The van der Waals surface area contributed by atoms with Gasteiger partial charge in [-0.3, -0.25) is 0 Å². The first-order chi connectivity index (χ1) is 6.66. The predicted molar refractivity (Wildman–Crippen MR) is 56.0 cm³/mol. The molecule has 2 rings (SSSR count). The molecule has 0 unspecified atom stereocenters. The summed E-state index contributed by atoms with van der Waals surface area (Å²) in [4.78, 5) is 8.21. The van der Waals surface area contributed by atoms with Gasteiger partial charge in [0.1, 0.15) is 5.82 Å². The summed E-state index contributed by atoms with van der Waals surface area (Å²) in [5, 5.41) is 4.08. The molecule has 0 spiro atoms. The Hall–Kier alpha value is -1.43. The van der Waals surface area contributed by atoms with Crippen molar-refractivity contribution in [2.24, 2.45) is 0 Å². The summed E-state index contributed by atoms with van der Waals surface area (Å²) in [5.41, 5.74) is 5.59. The van der Waals surface area contributed by atoms with Crippen LogP contribution in [0.25, 0.3) is 5.82 Å². The van der Waals surface area contributed by atoms with Gasteiger partial charge in [-0.25, -0.2) is 14.6 Å². The standard InChI is InChI=1S/C8H8BrN5/c1-5-11-3-2-7(12-5)14-4-6(9)8(10)13-14/h2-4H,1H3,(H2,10,13). The van der Waals surface area contributed by atoms with E-state index in [0.717, 1.165) is 4.47 Å². The van der Waals surface area contributed by atoms with Crippen molar-refractivity contribution in [3.63, 3.8) is 0 Å². The Morgan fingerprint density at radius 1 is 1.50 bits per heavy atom. The van der Waals surface area contributed by atoms with Crippen LogP contribution < -0.4 is 5.73 Å². The minimum absolute atomic E-state index is 0.446. The molecule has 0 aliphatic rings. The minimum atomic E-state index is 0.446. The van der Waals surface area contributed by atoms with Crippen LogP contribution in [0.1, 0.15) is 5.82 Å². The third-order valence-corrected chi connectivity index (χ3v) is 2.30. The number of aromatic nitrogens is 4. The first-order valence-electron chi connectivity index (χ1n) is 3.97. The molecule has 0 bridgehead atoms. The molecule has 0 aliphatic heterocycles. The Kier molecular flexibility index (Phi) is 2.20. The zero-order valence-electron chi connectivity index (χ0n) is 7.48. The molecule has 6 heteroatoms. The number of rotatable bonds is 1.